The van der Waals surface area contributed by atoms with Crippen LogP contribution < -0.4 is 15.4 Å². The Balaban J connectivity index is 1.74. The van der Waals surface area contributed by atoms with E-state index in [-0.39, 0.29) is 12.5 Å². The van der Waals surface area contributed by atoms with Crippen molar-refractivity contribution in [2.45, 2.75) is 20.8 Å². The van der Waals surface area contributed by atoms with Gasteiger partial charge in [-0.25, -0.2) is 4.79 Å². The predicted octanol–water partition coefficient (Wildman–Crippen LogP) is 2.93. The number of aryl methyl sites for hydroxylation is 3. The molecule has 2 aromatic carbocycles. The highest BCUT2D eigenvalue weighted by Crippen LogP contribution is 2.21. The van der Waals surface area contributed by atoms with Gasteiger partial charge >= 0.3 is 5.97 Å². The quantitative estimate of drug-likeness (QED) is 0.516. The van der Waals surface area contributed by atoms with E-state index in [4.69, 9.17) is 9.47 Å². The lowest BCUT2D eigenvalue weighted by molar-refractivity contribution is -0.143. The molecule has 0 fully saturated rings. The Morgan fingerprint density at radius 3 is 2.20 bits per heavy atom. The molecule has 2 N–H and O–H groups in total. The number of carbonyl (C=O) groups excluding carboxylic acids is 3. The normalized spacial score (nSPS) is 10.5. The molecule has 0 saturated heterocycles. The molecule has 2 aromatic rings. The SMILES string of the molecule is COc1ccc(/C=C/C(=O)OCC(=O)NCC(=O)Nc2c(C)cc(C)cc2C)cc1. The van der Waals surface area contributed by atoms with E-state index in [9.17, 15) is 14.4 Å². The van der Waals surface area contributed by atoms with E-state index in [0.29, 0.717) is 5.75 Å². The van der Waals surface area contributed by atoms with Crippen molar-refractivity contribution >= 4 is 29.5 Å². The van der Waals surface area contributed by atoms with Crippen LogP contribution in [0.1, 0.15) is 22.3 Å². The zero-order valence-electron chi connectivity index (χ0n) is 17.6. The van der Waals surface area contributed by atoms with Gasteiger partial charge in [0.25, 0.3) is 5.91 Å². The van der Waals surface area contributed by atoms with Crippen LogP contribution in [0, 0.1) is 20.8 Å². The number of ether oxygens (including phenoxy) is 2. The number of benzene rings is 2. The van der Waals surface area contributed by atoms with Crippen LogP contribution in [-0.2, 0) is 19.1 Å². The lowest BCUT2D eigenvalue weighted by Crippen LogP contribution is -2.35. The first kappa shape index (κ1) is 22.7. The molecule has 2 amide bonds. The summed E-state index contributed by atoms with van der Waals surface area (Å²) < 4.78 is 9.94. The lowest BCUT2D eigenvalue weighted by Gasteiger charge is -2.13. The molecule has 0 aliphatic rings. The van der Waals surface area contributed by atoms with E-state index in [2.05, 4.69) is 10.6 Å². The van der Waals surface area contributed by atoms with Gasteiger partial charge in [-0.1, -0.05) is 29.8 Å². The number of methoxy groups -OCH3 is 1. The first-order valence-corrected chi connectivity index (χ1v) is 9.41. The third kappa shape index (κ3) is 7.09. The highest BCUT2D eigenvalue weighted by molar-refractivity contribution is 5.96. The Labute approximate surface area is 176 Å². The van der Waals surface area contributed by atoms with Crippen molar-refractivity contribution in [1.82, 2.24) is 5.32 Å². The standard InChI is InChI=1S/C23H26N2O5/c1-15-11-16(2)23(17(3)12-15)25-20(26)13-24-21(27)14-30-22(28)10-7-18-5-8-19(29-4)9-6-18/h5-12H,13-14H2,1-4H3,(H,24,27)(H,25,26)/b10-7+. The van der Waals surface area contributed by atoms with Crippen LogP contribution >= 0.6 is 0 Å². The van der Waals surface area contributed by atoms with Crippen molar-refractivity contribution in [2.24, 2.45) is 0 Å². The number of hydrogen-bond donors (Lipinski definition) is 2. The molecule has 0 spiro atoms. The van der Waals surface area contributed by atoms with Gasteiger partial charge in [0, 0.05) is 11.8 Å². The molecule has 0 bridgehead atoms. The number of nitrogens with one attached hydrogen (secondary N) is 2. The molecule has 0 atom stereocenters. The molecule has 7 nitrogen and oxygen atoms in total. The number of hydrogen-bond acceptors (Lipinski definition) is 5. The predicted molar refractivity (Wildman–Crippen MR) is 115 cm³/mol. The highest BCUT2D eigenvalue weighted by Gasteiger charge is 2.11. The summed E-state index contributed by atoms with van der Waals surface area (Å²) in [6.07, 6.45) is 2.80. The van der Waals surface area contributed by atoms with Crippen LogP contribution in [0.5, 0.6) is 5.75 Å². The van der Waals surface area contributed by atoms with Crippen molar-refractivity contribution < 1.29 is 23.9 Å². The van der Waals surface area contributed by atoms with Crippen LogP contribution in [0.4, 0.5) is 5.69 Å². The smallest absolute Gasteiger partial charge is 0.331 e. The minimum Gasteiger partial charge on any atom is -0.497 e. The van der Waals surface area contributed by atoms with E-state index in [1.807, 2.05) is 32.9 Å². The summed E-state index contributed by atoms with van der Waals surface area (Å²) >= 11 is 0. The summed E-state index contributed by atoms with van der Waals surface area (Å²) in [6, 6.07) is 11.0. The zero-order chi connectivity index (χ0) is 22.1. The Hall–Kier alpha value is -3.61. The van der Waals surface area contributed by atoms with Crippen molar-refractivity contribution in [3.8, 4) is 5.75 Å². The Kier molecular flexibility index (Phi) is 8.17. The maximum Gasteiger partial charge on any atom is 0.331 e. The Morgan fingerprint density at radius 2 is 1.60 bits per heavy atom. The van der Waals surface area contributed by atoms with Crippen LogP contribution in [0.15, 0.2) is 42.5 Å². The third-order valence-corrected chi connectivity index (χ3v) is 4.26. The average molecular weight is 410 g/mol. The van der Waals surface area contributed by atoms with Crippen LogP contribution in [0.3, 0.4) is 0 Å². The second-order valence-corrected chi connectivity index (χ2v) is 6.81. The molecule has 0 radical (unpaired) electrons. The van der Waals surface area contributed by atoms with Crippen LogP contribution in [-0.4, -0.2) is 38.0 Å². The fourth-order valence-corrected chi connectivity index (χ4v) is 2.85. The van der Waals surface area contributed by atoms with Gasteiger partial charge < -0.3 is 20.1 Å². The summed E-state index contributed by atoms with van der Waals surface area (Å²) in [7, 11) is 1.57. The van der Waals surface area contributed by atoms with Gasteiger partial charge in [-0.05, 0) is 55.7 Å². The number of rotatable bonds is 8. The van der Waals surface area contributed by atoms with Gasteiger partial charge in [-0.2, -0.15) is 0 Å². The highest BCUT2D eigenvalue weighted by atomic mass is 16.5. The number of carbonyl (C=O) groups is 3. The van der Waals surface area contributed by atoms with Gasteiger partial charge in [0.1, 0.15) is 5.75 Å². The maximum absolute atomic E-state index is 12.1. The molecular formula is C23H26N2O5. The second kappa shape index (κ2) is 10.8. The van der Waals surface area contributed by atoms with Gasteiger partial charge in [-0.3, -0.25) is 9.59 Å². The molecule has 0 heterocycles. The molecule has 0 aliphatic carbocycles. The topological polar surface area (TPSA) is 93.7 Å². The molecule has 0 saturated carbocycles. The third-order valence-electron chi connectivity index (χ3n) is 4.26. The van der Waals surface area contributed by atoms with Gasteiger partial charge in [-0.15, -0.1) is 0 Å². The molecule has 0 aliphatic heterocycles. The van der Waals surface area contributed by atoms with Gasteiger partial charge in [0.2, 0.25) is 5.91 Å². The molecular weight excluding hydrogens is 384 g/mol. The maximum atomic E-state index is 12.1. The minimum atomic E-state index is -0.656. The lowest BCUT2D eigenvalue weighted by atomic mass is 10.1. The van der Waals surface area contributed by atoms with Crippen molar-refractivity contribution in [1.29, 1.82) is 0 Å². The summed E-state index contributed by atoms with van der Waals surface area (Å²) in [5.74, 6) is -0.864. The van der Waals surface area contributed by atoms with E-state index < -0.39 is 18.5 Å². The largest absolute Gasteiger partial charge is 0.497 e. The minimum absolute atomic E-state index is 0.217. The van der Waals surface area contributed by atoms with Gasteiger partial charge in [0.15, 0.2) is 6.61 Å². The number of anilines is 1. The Morgan fingerprint density at radius 1 is 0.967 bits per heavy atom. The Bertz CT molecular complexity index is 926. The van der Waals surface area contributed by atoms with E-state index >= 15 is 0 Å². The summed E-state index contributed by atoms with van der Waals surface area (Å²) in [5.41, 5.74) is 4.53. The fourth-order valence-electron chi connectivity index (χ4n) is 2.85. The molecule has 2 rings (SSSR count). The first-order valence-electron chi connectivity index (χ1n) is 9.41. The van der Waals surface area contributed by atoms with Gasteiger partial charge in [0.05, 0.1) is 13.7 Å². The van der Waals surface area contributed by atoms with Crippen molar-refractivity contribution in [2.75, 3.05) is 25.6 Å². The number of amides is 2. The van der Waals surface area contributed by atoms with Crippen LogP contribution in [0.25, 0.3) is 6.08 Å². The van der Waals surface area contributed by atoms with E-state index in [1.54, 1.807) is 37.5 Å². The summed E-state index contributed by atoms with van der Waals surface area (Å²) in [4.78, 5) is 35.6. The van der Waals surface area contributed by atoms with E-state index in [1.165, 1.54) is 6.08 Å². The number of esters is 1. The van der Waals surface area contributed by atoms with Crippen molar-refractivity contribution in [3.63, 3.8) is 0 Å². The first-order chi connectivity index (χ1) is 14.3. The summed E-state index contributed by atoms with van der Waals surface area (Å²) in [5, 5.41) is 5.22. The second-order valence-electron chi connectivity index (χ2n) is 6.81. The van der Waals surface area contributed by atoms with E-state index in [0.717, 1.165) is 27.9 Å². The molecule has 30 heavy (non-hydrogen) atoms. The molecule has 0 unspecified atom stereocenters. The van der Waals surface area contributed by atoms with Crippen molar-refractivity contribution in [3.05, 3.63) is 64.7 Å². The average Bonchev–Trinajstić information content (AvgIpc) is 2.72. The molecule has 7 heteroatoms. The monoisotopic (exact) mass is 410 g/mol. The molecule has 158 valence electrons. The molecule has 0 aromatic heterocycles. The zero-order valence-corrected chi connectivity index (χ0v) is 17.6. The van der Waals surface area contributed by atoms with Crippen LogP contribution in [0.2, 0.25) is 0 Å². The fraction of sp³-hybridized carbons (Fsp3) is 0.261. The summed E-state index contributed by atoms with van der Waals surface area (Å²) in [6.45, 7) is 5.12.